The first-order valence-corrected chi connectivity index (χ1v) is 9.44. The summed E-state index contributed by atoms with van der Waals surface area (Å²) in [5, 5.41) is 4.29. The Labute approximate surface area is 154 Å². The summed E-state index contributed by atoms with van der Waals surface area (Å²) in [7, 11) is 0. The minimum absolute atomic E-state index is 0.0925. The molecule has 2 amide bonds. The van der Waals surface area contributed by atoms with Gasteiger partial charge in [0.25, 0.3) is 0 Å². The van der Waals surface area contributed by atoms with Crippen LogP contribution in [0.3, 0.4) is 0 Å². The number of anilines is 1. The highest BCUT2D eigenvalue weighted by Crippen LogP contribution is 2.48. The first-order valence-electron chi connectivity index (χ1n) is 8.56. The summed E-state index contributed by atoms with van der Waals surface area (Å²) >= 11 is 1.37. The molecule has 130 valence electrons. The molecule has 2 aromatic rings. The minimum Gasteiger partial charge on any atom is -0.352 e. The SMILES string of the molecule is CC1=C[C@@H]2[C@@H]3C(=O)NC(=O)[C@H]3[C@@H](C(=O)c3cccs3)N2c2ccccc21. The van der Waals surface area contributed by atoms with Gasteiger partial charge in [-0.2, -0.15) is 0 Å². The van der Waals surface area contributed by atoms with Crippen molar-refractivity contribution in [3.63, 3.8) is 0 Å². The maximum atomic E-state index is 13.3. The number of ketones is 1. The zero-order chi connectivity index (χ0) is 18.0. The zero-order valence-electron chi connectivity index (χ0n) is 14.0. The van der Waals surface area contributed by atoms with E-state index in [4.69, 9.17) is 0 Å². The number of nitrogens with one attached hydrogen (secondary N) is 1. The van der Waals surface area contributed by atoms with E-state index >= 15 is 0 Å². The van der Waals surface area contributed by atoms with Gasteiger partial charge in [-0.25, -0.2) is 0 Å². The van der Waals surface area contributed by atoms with Gasteiger partial charge >= 0.3 is 0 Å². The number of Topliss-reactive ketones (excluding diaryl/α,β-unsaturated/α-hetero) is 1. The molecule has 1 aromatic heterocycles. The lowest BCUT2D eigenvalue weighted by Crippen LogP contribution is -2.48. The quantitative estimate of drug-likeness (QED) is 0.657. The third kappa shape index (κ3) is 1.93. The van der Waals surface area contributed by atoms with Gasteiger partial charge in [-0.1, -0.05) is 30.3 Å². The maximum absolute atomic E-state index is 13.3. The van der Waals surface area contributed by atoms with Gasteiger partial charge in [0.2, 0.25) is 11.8 Å². The zero-order valence-corrected chi connectivity index (χ0v) is 14.8. The molecule has 4 heterocycles. The van der Waals surface area contributed by atoms with Crippen molar-refractivity contribution in [3.8, 4) is 0 Å². The Morgan fingerprint density at radius 1 is 1.08 bits per heavy atom. The lowest BCUT2D eigenvalue weighted by molar-refractivity contribution is -0.126. The molecule has 3 aliphatic rings. The average molecular weight is 364 g/mol. The van der Waals surface area contributed by atoms with Crippen molar-refractivity contribution in [1.82, 2.24) is 5.32 Å². The predicted molar refractivity (Wildman–Crippen MR) is 98.9 cm³/mol. The van der Waals surface area contributed by atoms with Crippen LogP contribution in [0.1, 0.15) is 22.2 Å². The average Bonchev–Trinajstić information content (AvgIpc) is 3.33. The van der Waals surface area contributed by atoms with E-state index in [0.717, 1.165) is 16.8 Å². The fraction of sp³-hybridized carbons (Fsp3) is 0.250. The van der Waals surface area contributed by atoms with Crippen molar-refractivity contribution < 1.29 is 14.4 Å². The van der Waals surface area contributed by atoms with E-state index in [9.17, 15) is 14.4 Å². The Morgan fingerprint density at radius 2 is 1.85 bits per heavy atom. The number of thiophene rings is 1. The first kappa shape index (κ1) is 15.5. The van der Waals surface area contributed by atoms with E-state index in [0.29, 0.717) is 4.88 Å². The Balaban J connectivity index is 1.71. The number of benzene rings is 1. The van der Waals surface area contributed by atoms with Crippen LogP contribution in [0.5, 0.6) is 0 Å². The highest BCUT2D eigenvalue weighted by Gasteiger charge is 2.61. The topological polar surface area (TPSA) is 66.5 Å². The van der Waals surface area contributed by atoms with Crippen LogP contribution in [0.15, 0.2) is 47.9 Å². The maximum Gasteiger partial charge on any atom is 0.233 e. The summed E-state index contributed by atoms with van der Waals surface area (Å²) < 4.78 is 0. The molecule has 0 aliphatic carbocycles. The Morgan fingerprint density at radius 3 is 2.62 bits per heavy atom. The van der Waals surface area contributed by atoms with Crippen LogP contribution in [0.25, 0.3) is 5.57 Å². The highest BCUT2D eigenvalue weighted by molar-refractivity contribution is 7.12. The standard InChI is InChI=1S/C20H16N2O3S/c1-10-9-13-15-16(20(25)21-19(15)24)17(18(23)14-7-4-8-26-14)22(13)12-6-3-2-5-11(10)12/h2-9,13,15-17H,1H3,(H,21,24,25)/t13-,15+,16-,17+/m1/s1. The molecule has 3 aliphatic heterocycles. The van der Waals surface area contributed by atoms with Crippen molar-refractivity contribution in [3.05, 3.63) is 58.3 Å². The predicted octanol–water partition coefficient (Wildman–Crippen LogP) is 2.49. The van der Waals surface area contributed by atoms with Gasteiger partial charge in [0, 0.05) is 11.3 Å². The molecule has 0 saturated carbocycles. The van der Waals surface area contributed by atoms with Gasteiger partial charge in [0.15, 0.2) is 5.78 Å². The van der Waals surface area contributed by atoms with Gasteiger partial charge in [0.1, 0.15) is 6.04 Å². The summed E-state index contributed by atoms with van der Waals surface area (Å²) in [6.45, 7) is 2.01. The summed E-state index contributed by atoms with van der Waals surface area (Å²) in [5.74, 6) is -1.89. The van der Waals surface area contributed by atoms with Crippen molar-refractivity contribution >= 4 is 40.2 Å². The summed E-state index contributed by atoms with van der Waals surface area (Å²) in [6, 6.07) is 10.5. The number of rotatable bonds is 2. The molecule has 0 bridgehead atoms. The van der Waals surface area contributed by atoms with Gasteiger partial charge < -0.3 is 4.90 Å². The number of allylic oxidation sites excluding steroid dienone is 1. The van der Waals surface area contributed by atoms with Crippen LogP contribution in [-0.4, -0.2) is 29.7 Å². The van der Waals surface area contributed by atoms with E-state index in [2.05, 4.69) is 5.32 Å². The molecule has 6 heteroatoms. The van der Waals surface area contributed by atoms with Crippen LogP contribution >= 0.6 is 11.3 Å². The Hall–Kier alpha value is -2.73. The van der Waals surface area contributed by atoms with Crippen LogP contribution in [0.2, 0.25) is 0 Å². The lowest BCUT2D eigenvalue weighted by atomic mass is 9.86. The monoisotopic (exact) mass is 364 g/mol. The molecule has 0 radical (unpaired) electrons. The number of hydrogen-bond acceptors (Lipinski definition) is 5. The van der Waals surface area contributed by atoms with Gasteiger partial charge in [0.05, 0.1) is 22.8 Å². The first-order chi connectivity index (χ1) is 12.6. The molecule has 2 fully saturated rings. The number of carbonyl (C=O) groups excluding carboxylic acids is 3. The molecule has 26 heavy (non-hydrogen) atoms. The molecule has 1 N–H and O–H groups in total. The van der Waals surface area contributed by atoms with E-state index in [1.54, 1.807) is 6.07 Å². The van der Waals surface area contributed by atoms with Gasteiger partial charge in [-0.15, -0.1) is 11.3 Å². The Bertz CT molecular complexity index is 979. The minimum atomic E-state index is -0.666. The Kier molecular flexibility index (Phi) is 3.21. The fourth-order valence-corrected chi connectivity index (χ4v) is 5.28. The number of amides is 2. The van der Waals surface area contributed by atoms with Crippen LogP contribution in [-0.2, 0) is 9.59 Å². The summed E-state index contributed by atoms with van der Waals surface area (Å²) in [6.07, 6.45) is 2.03. The highest BCUT2D eigenvalue weighted by atomic mass is 32.1. The van der Waals surface area contributed by atoms with Crippen LogP contribution in [0, 0.1) is 11.8 Å². The van der Waals surface area contributed by atoms with Gasteiger partial charge in [-0.05, 0) is 30.0 Å². The van der Waals surface area contributed by atoms with E-state index < -0.39 is 17.9 Å². The molecule has 2 saturated heterocycles. The second kappa shape index (κ2) is 5.38. The number of carbonyl (C=O) groups is 3. The third-order valence-electron chi connectivity index (χ3n) is 5.63. The van der Waals surface area contributed by atoms with E-state index in [1.165, 1.54) is 11.3 Å². The lowest BCUT2D eigenvalue weighted by Gasteiger charge is -2.37. The summed E-state index contributed by atoms with van der Waals surface area (Å²) in [5.41, 5.74) is 3.03. The second-order valence-electron chi connectivity index (χ2n) is 6.96. The molecular formula is C20H16N2O3S. The van der Waals surface area contributed by atoms with Crippen molar-refractivity contribution in [2.24, 2.45) is 11.8 Å². The summed E-state index contributed by atoms with van der Waals surface area (Å²) in [4.78, 5) is 41.0. The van der Waals surface area contributed by atoms with Crippen molar-refractivity contribution in [1.29, 1.82) is 0 Å². The van der Waals surface area contributed by atoms with E-state index in [1.807, 2.05) is 53.6 Å². The number of imide groups is 1. The molecule has 5 nitrogen and oxygen atoms in total. The molecule has 1 aromatic carbocycles. The van der Waals surface area contributed by atoms with Crippen LogP contribution < -0.4 is 10.2 Å². The molecular weight excluding hydrogens is 348 g/mol. The van der Waals surface area contributed by atoms with Crippen LogP contribution in [0.4, 0.5) is 5.69 Å². The van der Waals surface area contributed by atoms with Crippen molar-refractivity contribution in [2.45, 2.75) is 19.0 Å². The molecule has 5 rings (SSSR count). The number of para-hydroxylation sites is 1. The van der Waals surface area contributed by atoms with Gasteiger partial charge in [-0.3, -0.25) is 19.7 Å². The number of fused-ring (bicyclic) bond motifs is 5. The molecule has 0 spiro atoms. The van der Waals surface area contributed by atoms with Crippen molar-refractivity contribution in [2.75, 3.05) is 4.90 Å². The smallest absolute Gasteiger partial charge is 0.233 e. The van der Waals surface area contributed by atoms with E-state index in [-0.39, 0.29) is 23.6 Å². The normalized spacial score (nSPS) is 29.0. The third-order valence-corrected chi connectivity index (χ3v) is 6.51. The molecule has 0 unspecified atom stereocenters. The number of nitrogens with zero attached hydrogens (tertiary/aromatic N) is 1. The molecule has 4 atom stereocenters. The fourth-order valence-electron chi connectivity index (χ4n) is 4.58. The largest absolute Gasteiger partial charge is 0.352 e. The number of hydrogen-bond donors (Lipinski definition) is 1. The second-order valence-corrected chi connectivity index (χ2v) is 7.90.